The highest BCUT2D eigenvalue weighted by atomic mass is 16.3. The normalized spacial score (nSPS) is 12.5. The molecule has 4 nitrogen and oxygen atoms in total. The lowest BCUT2D eigenvalue weighted by Gasteiger charge is -2.17. The lowest BCUT2D eigenvalue weighted by Crippen LogP contribution is -2.42. The third-order valence-corrected chi connectivity index (χ3v) is 2.21. The first-order valence-corrected chi connectivity index (χ1v) is 5.08. The lowest BCUT2D eigenvalue weighted by atomic mass is 10.2. The molecule has 0 aromatic carbocycles. The van der Waals surface area contributed by atoms with E-state index in [4.69, 9.17) is 4.42 Å². The van der Waals surface area contributed by atoms with Crippen LogP contribution in [0.3, 0.4) is 0 Å². The van der Waals surface area contributed by atoms with Crippen molar-refractivity contribution in [2.45, 2.75) is 19.4 Å². The Labute approximate surface area is 90.3 Å². The molecule has 0 aliphatic heterocycles. The number of hydrogen-bond donors (Lipinski definition) is 1. The first-order valence-electron chi connectivity index (χ1n) is 5.08. The molecule has 0 aliphatic rings. The maximum absolute atomic E-state index is 11.5. The van der Waals surface area contributed by atoms with Crippen LogP contribution in [0.1, 0.15) is 12.7 Å². The van der Waals surface area contributed by atoms with Gasteiger partial charge < -0.3 is 14.6 Å². The van der Waals surface area contributed by atoms with Crippen LogP contribution in [0.2, 0.25) is 0 Å². The van der Waals surface area contributed by atoms with E-state index in [1.807, 2.05) is 19.1 Å². The Bertz CT molecular complexity index is 294. The molecule has 0 radical (unpaired) electrons. The second-order valence-electron chi connectivity index (χ2n) is 3.74. The molecule has 1 aromatic heterocycles. The molecule has 1 amide bonds. The van der Waals surface area contributed by atoms with Gasteiger partial charge >= 0.3 is 0 Å². The molecular weight excluding hydrogens is 192 g/mol. The van der Waals surface area contributed by atoms with Crippen LogP contribution in [-0.2, 0) is 11.2 Å². The molecule has 1 N–H and O–H groups in total. The SMILES string of the molecule is CC(NCCc1ccco1)C(=O)N(C)C. The van der Waals surface area contributed by atoms with Gasteiger partial charge in [0.15, 0.2) is 0 Å². The molecule has 0 fully saturated rings. The summed E-state index contributed by atoms with van der Waals surface area (Å²) in [5.74, 6) is 1.03. The van der Waals surface area contributed by atoms with Crippen molar-refractivity contribution >= 4 is 5.91 Å². The highest BCUT2D eigenvalue weighted by Crippen LogP contribution is 2.00. The van der Waals surface area contributed by atoms with Crippen LogP contribution in [-0.4, -0.2) is 37.5 Å². The van der Waals surface area contributed by atoms with Crippen molar-refractivity contribution in [1.82, 2.24) is 10.2 Å². The molecule has 4 heteroatoms. The molecule has 1 rings (SSSR count). The molecular formula is C11H18N2O2. The molecule has 0 saturated carbocycles. The summed E-state index contributed by atoms with van der Waals surface area (Å²) in [7, 11) is 3.51. The minimum atomic E-state index is -0.144. The van der Waals surface area contributed by atoms with Gasteiger partial charge in [-0.1, -0.05) is 0 Å². The van der Waals surface area contributed by atoms with E-state index in [9.17, 15) is 4.79 Å². The topological polar surface area (TPSA) is 45.5 Å². The second-order valence-corrected chi connectivity index (χ2v) is 3.74. The second kappa shape index (κ2) is 5.56. The fraction of sp³-hybridized carbons (Fsp3) is 0.545. The Hall–Kier alpha value is -1.29. The predicted molar refractivity (Wildman–Crippen MR) is 58.6 cm³/mol. The zero-order valence-electron chi connectivity index (χ0n) is 9.49. The summed E-state index contributed by atoms with van der Waals surface area (Å²) in [6.07, 6.45) is 2.46. The maximum atomic E-state index is 11.5. The van der Waals surface area contributed by atoms with Crippen molar-refractivity contribution < 1.29 is 9.21 Å². The third-order valence-electron chi connectivity index (χ3n) is 2.21. The Morgan fingerprint density at radius 2 is 2.33 bits per heavy atom. The van der Waals surface area contributed by atoms with E-state index in [0.717, 1.165) is 18.7 Å². The number of furan rings is 1. The van der Waals surface area contributed by atoms with Gasteiger partial charge in [-0.2, -0.15) is 0 Å². The molecule has 0 bridgehead atoms. The minimum absolute atomic E-state index is 0.0921. The zero-order chi connectivity index (χ0) is 11.3. The van der Waals surface area contributed by atoms with Crippen molar-refractivity contribution in [1.29, 1.82) is 0 Å². The minimum Gasteiger partial charge on any atom is -0.469 e. The fourth-order valence-electron chi connectivity index (χ4n) is 1.34. The van der Waals surface area contributed by atoms with Crippen LogP contribution in [0.25, 0.3) is 0 Å². The van der Waals surface area contributed by atoms with E-state index in [0.29, 0.717) is 0 Å². The van der Waals surface area contributed by atoms with Crippen molar-refractivity contribution in [3.05, 3.63) is 24.2 Å². The maximum Gasteiger partial charge on any atom is 0.238 e. The Balaban J connectivity index is 2.23. The standard InChI is InChI=1S/C11H18N2O2/c1-9(11(14)13(2)3)12-7-6-10-5-4-8-15-10/h4-5,8-9,12H,6-7H2,1-3H3. The summed E-state index contributed by atoms with van der Waals surface area (Å²) in [6, 6.07) is 3.65. The van der Waals surface area contributed by atoms with Gasteiger partial charge in [0.2, 0.25) is 5.91 Å². The van der Waals surface area contributed by atoms with E-state index >= 15 is 0 Å². The summed E-state index contributed by atoms with van der Waals surface area (Å²) in [4.78, 5) is 13.1. The third kappa shape index (κ3) is 3.75. The number of carbonyl (C=O) groups is 1. The van der Waals surface area contributed by atoms with Gasteiger partial charge in [-0.3, -0.25) is 4.79 Å². The van der Waals surface area contributed by atoms with Crippen molar-refractivity contribution in [2.24, 2.45) is 0 Å². The van der Waals surface area contributed by atoms with Gasteiger partial charge in [0.1, 0.15) is 5.76 Å². The number of carbonyl (C=O) groups excluding carboxylic acids is 1. The van der Waals surface area contributed by atoms with Gasteiger partial charge in [0, 0.05) is 27.1 Å². The van der Waals surface area contributed by atoms with Crippen LogP contribution in [0, 0.1) is 0 Å². The molecule has 1 heterocycles. The van der Waals surface area contributed by atoms with Crippen molar-refractivity contribution in [3.63, 3.8) is 0 Å². The first-order chi connectivity index (χ1) is 7.11. The van der Waals surface area contributed by atoms with Crippen molar-refractivity contribution in [2.75, 3.05) is 20.6 Å². The molecule has 1 atom stereocenters. The average molecular weight is 210 g/mol. The number of amides is 1. The highest BCUT2D eigenvalue weighted by Gasteiger charge is 2.13. The van der Waals surface area contributed by atoms with E-state index < -0.39 is 0 Å². The molecule has 15 heavy (non-hydrogen) atoms. The van der Waals surface area contributed by atoms with Gasteiger partial charge in [-0.25, -0.2) is 0 Å². The summed E-state index contributed by atoms with van der Waals surface area (Å²) in [6.45, 7) is 2.61. The summed E-state index contributed by atoms with van der Waals surface area (Å²) in [5, 5.41) is 3.15. The van der Waals surface area contributed by atoms with E-state index in [-0.39, 0.29) is 11.9 Å². The largest absolute Gasteiger partial charge is 0.469 e. The highest BCUT2D eigenvalue weighted by molar-refractivity contribution is 5.80. The monoisotopic (exact) mass is 210 g/mol. The van der Waals surface area contributed by atoms with Gasteiger partial charge in [0.25, 0.3) is 0 Å². The number of nitrogens with zero attached hydrogens (tertiary/aromatic N) is 1. The van der Waals surface area contributed by atoms with Crippen molar-refractivity contribution in [3.8, 4) is 0 Å². The average Bonchev–Trinajstić information content (AvgIpc) is 2.69. The first kappa shape index (κ1) is 11.8. The smallest absolute Gasteiger partial charge is 0.238 e. The number of nitrogens with one attached hydrogen (secondary N) is 1. The van der Waals surface area contributed by atoms with Crippen LogP contribution >= 0.6 is 0 Å². The summed E-state index contributed by atoms with van der Waals surface area (Å²) < 4.78 is 5.19. The van der Waals surface area contributed by atoms with Gasteiger partial charge in [0.05, 0.1) is 12.3 Å². The molecule has 0 aliphatic carbocycles. The molecule has 84 valence electrons. The number of rotatable bonds is 5. The lowest BCUT2D eigenvalue weighted by molar-refractivity contribution is -0.130. The van der Waals surface area contributed by atoms with Crippen LogP contribution in [0.5, 0.6) is 0 Å². The molecule has 1 aromatic rings. The summed E-state index contributed by atoms with van der Waals surface area (Å²) >= 11 is 0. The van der Waals surface area contributed by atoms with Gasteiger partial charge in [-0.15, -0.1) is 0 Å². The van der Waals surface area contributed by atoms with Crippen LogP contribution in [0.15, 0.2) is 22.8 Å². The Morgan fingerprint density at radius 1 is 1.60 bits per heavy atom. The summed E-state index contributed by atoms with van der Waals surface area (Å²) in [5.41, 5.74) is 0. The van der Waals surface area contributed by atoms with Gasteiger partial charge in [-0.05, 0) is 19.1 Å². The molecule has 0 saturated heterocycles. The number of likely N-dealkylation sites (N-methyl/N-ethyl adjacent to an activating group) is 1. The molecule has 0 spiro atoms. The predicted octanol–water partition coefficient (Wildman–Crippen LogP) is 0.888. The van der Waals surface area contributed by atoms with Crippen LogP contribution < -0.4 is 5.32 Å². The fourth-order valence-corrected chi connectivity index (χ4v) is 1.34. The zero-order valence-corrected chi connectivity index (χ0v) is 9.49. The quantitative estimate of drug-likeness (QED) is 0.785. The van der Waals surface area contributed by atoms with E-state index in [2.05, 4.69) is 5.32 Å². The Morgan fingerprint density at radius 3 is 2.87 bits per heavy atom. The molecule has 1 unspecified atom stereocenters. The Kier molecular flexibility index (Phi) is 4.37. The van der Waals surface area contributed by atoms with E-state index in [1.54, 1.807) is 25.3 Å². The van der Waals surface area contributed by atoms with Crippen LogP contribution in [0.4, 0.5) is 0 Å². The van der Waals surface area contributed by atoms with E-state index in [1.165, 1.54) is 0 Å². The number of hydrogen-bond acceptors (Lipinski definition) is 3.